The first-order chi connectivity index (χ1) is 10.6. The van der Waals surface area contributed by atoms with Gasteiger partial charge in [-0.25, -0.2) is 0 Å². The number of aliphatic imine (C=N–C) groups is 1. The van der Waals surface area contributed by atoms with Crippen molar-refractivity contribution in [2.24, 2.45) is 4.99 Å². The van der Waals surface area contributed by atoms with Gasteiger partial charge in [0.1, 0.15) is 0 Å². The highest BCUT2D eigenvalue weighted by molar-refractivity contribution is 7.86. The van der Waals surface area contributed by atoms with Gasteiger partial charge in [-0.3, -0.25) is 14.1 Å². The molecule has 0 aliphatic rings. The first-order valence-corrected chi connectivity index (χ1v) is 10.00. The Labute approximate surface area is 146 Å². The second-order valence-electron chi connectivity index (χ2n) is 7.37. The van der Waals surface area contributed by atoms with Gasteiger partial charge < -0.3 is 10.6 Å². The van der Waals surface area contributed by atoms with Gasteiger partial charge in [0.25, 0.3) is 0 Å². The van der Waals surface area contributed by atoms with Crippen molar-refractivity contribution in [3.05, 3.63) is 0 Å². The molecule has 0 aromatic carbocycles. The maximum Gasteiger partial charge on any atom is 0.191 e. The van der Waals surface area contributed by atoms with E-state index in [9.17, 15) is 4.21 Å². The van der Waals surface area contributed by atoms with Gasteiger partial charge in [-0.15, -0.1) is 0 Å². The third-order valence-corrected chi connectivity index (χ3v) is 5.64. The molecule has 23 heavy (non-hydrogen) atoms. The van der Waals surface area contributed by atoms with Gasteiger partial charge in [0.05, 0.1) is 0 Å². The lowest BCUT2D eigenvalue weighted by molar-refractivity contribution is 0.173. The molecule has 0 aliphatic carbocycles. The second kappa shape index (κ2) is 11.0. The van der Waals surface area contributed by atoms with Crippen LogP contribution in [0.4, 0.5) is 0 Å². The van der Waals surface area contributed by atoms with Crippen LogP contribution in [-0.4, -0.2) is 64.3 Å². The summed E-state index contributed by atoms with van der Waals surface area (Å²) in [5.41, 5.74) is 0. The Bertz CT molecular complexity index is 367. The van der Waals surface area contributed by atoms with Gasteiger partial charge in [0.15, 0.2) is 5.96 Å². The van der Waals surface area contributed by atoms with Crippen LogP contribution in [0.3, 0.4) is 0 Å². The number of hydrogen-bond donors (Lipinski definition) is 2. The van der Waals surface area contributed by atoms with Crippen molar-refractivity contribution in [1.29, 1.82) is 0 Å². The maximum atomic E-state index is 12.0. The summed E-state index contributed by atoms with van der Waals surface area (Å²) in [6, 6.07) is 1.14. The van der Waals surface area contributed by atoms with Gasteiger partial charge in [-0.05, 0) is 54.9 Å². The second-order valence-corrected chi connectivity index (χ2v) is 9.69. The lowest BCUT2D eigenvalue weighted by Gasteiger charge is -2.30. The molecular weight excluding hydrogens is 308 g/mol. The largest absolute Gasteiger partial charge is 0.356 e. The lowest BCUT2D eigenvalue weighted by atomic mass is 10.2. The van der Waals surface area contributed by atoms with E-state index in [0.29, 0.717) is 24.4 Å². The maximum absolute atomic E-state index is 12.0. The number of guanidine groups is 1. The summed E-state index contributed by atoms with van der Waals surface area (Å²) in [7, 11) is 0.937. The van der Waals surface area contributed by atoms with Crippen molar-refractivity contribution in [3.63, 3.8) is 0 Å². The smallest absolute Gasteiger partial charge is 0.191 e. The number of rotatable bonds is 9. The molecule has 0 fully saturated rings. The van der Waals surface area contributed by atoms with Crippen LogP contribution < -0.4 is 10.6 Å². The molecule has 0 radical (unpaired) electrons. The molecule has 2 N–H and O–H groups in total. The van der Waals surface area contributed by atoms with Crippen molar-refractivity contribution < 1.29 is 4.21 Å². The number of nitrogens with one attached hydrogen (secondary N) is 2. The van der Waals surface area contributed by atoms with E-state index in [0.717, 1.165) is 25.5 Å². The van der Waals surface area contributed by atoms with E-state index in [-0.39, 0.29) is 4.75 Å². The molecule has 6 heteroatoms. The fourth-order valence-electron chi connectivity index (χ4n) is 2.37. The first-order valence-electron chi connectivity index (χ1n) is 8.68. The predicted octanol–water partition coefficient (Wildman–Crippen LogP) is 2.21. The summed E-state index contributed by atoms with van der Waals surface area (Å²) in [4.78, 5) is 6.71. The van der Waals surface area contributed by atoms with E-state index in [1.165, 1.54) is 0 Å². The van der Waals surface area contributed by atoms with Crippen molar-refractivity contribution in [1.82, 2.24) is 15.5 Å². The Morgan fingerprint density at radius 3 is 2.04 bits per heavy atom. The molecule has 0 aliphatic heterocycles. The van der Waals surface area contributed by atoms with Gasteiger partial charge in [-0.1, -0.05) is 0 Å². The first kappa shape index (κ1) is 22.4. The van der Waals surface area contributed by atoms with Gasteiger partial charge in [0, 0.05) is 60.1 Å². The van der Waals surface area contributed by atoms with E-state index >= 15 is 0 Å². The molecule has 0 amide bonds. The van der Waals surface area contributed by atoms with Crippen LogP contribution in [0, 0.1) is 0 Å². The lowest BCUT2D eigenvalue weighted by Crippen LogP contribution is -2.42. The van der Waals surface area contributed by atoms with Crippen molar-refractivity contribution in [3.8, 4) is 0 Å². The Balaban J connectivity index is 4.02. The average Bonchev–Trinajstić information content (AvgIpc) is 2.42. The summed E-state index contributed by atoms with van der Waals surface area (Å²) in [6.07, 6.45) is 1.07. The minimum Gasteiger partial charge on any atom is -0.356 e. The standard InChI is InChI=1S/C17H38N4OS/c1-14(2)21(15(3)4)12-9-10-19-16(18-8)20-11-13-23(22)17(5,6)7/h14-15H,9-13H2,1-8H3,(H2,18,19,20). The quantitative estimate of drug-likeness (QED) is 0.382. The van der Waals surface area contributed by atoms with E-state index in [4.69, 9.17) is 0 Å². The molecular formula is C17H38N4OS. The fourth-order valence-corrected chi connectivity index (χ4v) is 3.27. The molecule has 0 saturated heterocycles. The molecule has 1 atom stereocenters. The Morgan fingerprint density at radius 2 is 1.61 bits per heavy atom. The minimum absolute atomic E-state index is 0.157. The fraction of sp³-hybridized carbons (Fsp3) is 0.941. The van der Waals surface area contributed by atoms with Crippen molar-refractivity contribution in [2.45, 2.75) is 71.7 Å². The highest BCUT2D eigenvalue weighted by Crippen LogP contribution is 2.10. The Morgan fingerprint density at radius 1 is 1.09 bits per heavy atom. The third-order valence-electron chi connectivity index (χ3n) is 3.70. The summed E-state index contributed by atoms with van der Waals surface area (Å²) < 4.78 is 11.8. The Kier molecular flexibility index (Phi) is 10.7. The van der Waals surface area contributed by atoms with Gasteiger partial charge >= 0.3 is 0 Å². The normalized spacial score (nSPS) is 14.7. The predicted molar refractivity (Wildman–Crippen MR) is 104 cm³/mol. The van der Waals surface area contributed by atoms with Crippen LogP contribution in [0.15, 0.2) is 4.99 Å². The third kappa shape index (κ3) is 9.97. The molecule has 5 nitrogen and oxygen atoms in total. The van der Waals surface area contributed by atoms with Crippen LogP contribution in [0.1, 0.15) is 54.9 Å². The van der Waals surface area contributed by atoms with Gasteiger partial charge in [0.2, 0.25) is 0 Å². The topological polar surface area (TPSA) is 56.7 Å². The van der Waals surface area contributed by atoms with Gasteiger partial charge in [-0.2, -0.15) is 0 Å². The minimum atomic E-state index is -0.832. The summed E-state index contributed by atoms with van der Waals surface area (Å²) in [6.45, 7) is 17.6. The zero-order valence-corrected chi connectivity index (χ0v) is 17.2. The van der Waals surface area contributed by atoms with Crippen molar-refractivity contribution in [2.75, 3.05) is 32.4 Å². The molecule has 0 spiro atoms. The Hall–Kier alpha value is -0.620. The van der Waals surface area contributed by atoms with Crippen LogP contribution in [0.25, 0.3) is 0 Å². The monoisotopic (exact) mass is 346 g/mol. The summed E-state index contributed by atoms with van der Waals surface area (Å²) >= 11 is 0. The van der Waals surface area contributed by atoms with Crippen LogP contribution >= 0.6 is 0 Å². The highest BCUT2D eigenvalue weighted by Gasteiger charge is 2.18. The van der Waals surface area contributed by atoms with Crippen LogP contribution in [-0.2, 0) is 10.8 Å². The van der Waals surface area contributed by atoms with E-state index < -0.39 is 10.8 Å². The summed E-state index contributed by atoms with van der Waals surface area (Å²) in [5, 5.41) is 6.57. The van der Waals surface area contributed by atoms with Crippen LogP contribution in [0.5, 0.6) is 0 Å². The van der Waals surface area contributed by atoms with E-state index in [1.54, 1.807) is 7.05 Å². The molecule has 0 saturated carbocycles. The van der Waals surface area contributed by atoms with Crippen LogP contribution in [0.2, 0.25) is 0 Å². The summed E-state index contributed by atoms with van der Waals surface area (Å²) in [5.74, 6) is 1.43. The molecule has 0 aromatic rings. The SMILES string of the molecule is CN=C(NCCCN(C(C)C)C(C)C)NCCS(=O)C(C)(C)C. The molecule has 138 valence electrons. The van der Waals surface area contributed by atoms with E-state index in [2.05, 4.69) is 48.2 Å². The zero-order valence-electron chi connectivity index (χ0n) is 16.4. The zero-order chi connectivity index (χ0) is 18.0. The molecule has 0 heterocycles. The number of nitrogens with zero attached hydrogens (tertiary/aromatic N) is 2. The molecule has 0 bridgehead atoms. The van der Waals surface area contributed by atoms with E-state index in [1.807, 2.05) is 20.8 Å². The van der Waals surface area contributed by atoms with Crippen molar-refractivity contribution >= 4 is 16.8 Å². The molecule has 0 rings (SSSR count). The average molecular weight is 347 g/mol. The highest BCUT2D eigenvalue weighted by atomic mass is 32.2. The molecule has 0 aromatic heterocycles. The number of hydrogen-bond acceptors (Lipinski definition) is 3. The molecule has 1 unspecified atom stereocenters.